The van der Waals surface area contributed by atoms with Crippen molar-refractivity contribution < 1.29 is 4.39 Å². The Balaban J connectivity index is 0.00000280. The lowest BCUT2D eigenvalue weighted by atomic mass is 10.0. The van der Waals surface area contributed by atoms with E-state index in [1.54, 1.807) is 12.1 Å². The average molecular weight is 502 g/mol. The lowest BCUT2D eigenvalue weighted by molar-refractivity contribution is 0.150. The Morgan fingerprint density at radius 1 is 1.18 bits per heavy atom. The molecule has 0 atom stereocenters. The summed E-state index contributed by atoms with van der Waals surface area (Å²) in [5, 5.41) is 7.00. The maximum atomic E-state index is 13.2. The van der Waals surface area contributed by atoms with Gasteiger partial charge in [0, 0.05) is 38.3 Å². The number of piperidine rings is 1. The molecule has 4 nitrogen and oxygen atoms in total. The molecule has 1 saturated carbocycles. The molecule has 1 aliphatic carbocycles. The van der Waals surface area contributed by atoms with Crippen LogP contribution in [-0.4, -0.2) is 49.1 Å². The Bertz CT molecular complexity index is 596. The molecule has 1 aromatic rings. The normalized spacial score (nSPS) is 19.4. The molecule has 0 amide bonds. The van der Waals surface area contributed by atoms with E-state index in [4.69, 9.17) is 4.99 Å². The molecule has 28 heavy (non-hydrogen) atoms. The molecule has 1 aliphatic heterocycles. The quantitative estimate of drug-likeness (QED) is 0.252. The summed E-state index contributed by atoms with van der Waals surface area (Å²) in [5.74, 6) is 0.769. The fraction of sp³-hybridized carbons (Fsp3) is 0.682. The van der Waals surface area contributed by atoms with Crippen LogP contribution in [0.2, 0.25) is 0 Å². The lowest BCUT2D eigenvalue weighted by Gasteiger charge is -2.36. The molecule has 2 aliphatic rings. The van der Waals surface area contributed by atoms with E-state index in [2.05, 4.69) is 22.5 Å². The largest absolute Gasteiger partial charge is 0.357 e. The number of aryl methyl sites for hydroxylation is 1. The van der Waals surface area contributed by atoms with Gasteiger partial charge in [-0.25, -0.2) is 4.39 Å². The number of guanidine groups is 1. The first-order chi connectivity index (χ1) is 13.2. The first-order valence-electron chi connectivity index (χ1n) is 10.8. The Morgan fingerprint density at radius 3 is 2.61 bits per heavy atom. The molecule has 6 heteroatoms. The summed E-state index contributed by atoms with van der Waals surface area (Å²) in [6.07, 6.45) is 9.81. The van der Waals surface area contributed by atoms with Crippen LogP contribution in [0.1, 0.15) is 57.4 Å². The molecular formula is C22H36FIN4. The summed E-state index contributed by atoms with van der Waals surface area (Å²) in [6.45, 7) is 6.15. The third kappa shape index (κ3) is 7.50. The minimum Gasteiger partial charge on any atom is -0.357 e. The molecule has 3 rings (SSSR count). The van der Waals surface area contributed by atoms with Crippen molar-refractivity contribution in [2.24, 2.45) is 4.99 Å². The topological polar surface area (TPSA) is 39.7 Å². The van der Waals surface area contributed by atoms with Gasteiger partial charge in [0.1, 0.15) is 5.82 Å². The zero-order chi connectivity index (χ0) is 18.9. The Hall–Kier alpha value is -0.890. The number of nitrogens with zero attached hydrogens (tertiary/aromatic N) is 2. The molecule has 0 spiro atoms. The number of nitrogens with one attached hydrogen (secondary N) is 2. The second-order valence-electron chi connectivity index (χ2n) is 7.89. The Morgan fingerprint density at radius 2 is 1.93 bits per heavy atom. The van der Waals surface area contributed by atoms with Crippen LogP contribution in [0.4, 0.5) is 4.39 Å². The molecule has 1 heterocycles. The predicted octanol–water partition coefficient (Wildman–Crippen LogP) is 4.34. The molecule has 0 bridgehead atoms. The van der Waals surface area contributed by atoms with E-state index < -0.39 is 0 Å². The van der Waals surface area contributed by atoms with Crippen molar-refractivity contribution in [3.05, 3.63) is 35.6 Å². The predicted molar refractivity (Wildman–Crippen MR) is 126 cm³/mol. The highest BCUT2D eigenvalue weighted by molar-refractivity contribution is 14.0. The zero-order valence-electron chi connectivity index (χ0n) is 17.1. The van der Waals surface area contributed by atoms with E-state index in [0.717, 1.165) is 43.5 Å². The van der Waals surface area contributed by atoms with E-state index in [0.29, 0.717) is 6.04 Å². The van der Waals surface area contributed by atoms with Gasteiger partial charge in [-0.2, -0.15) is 0 Å². The molecule has 2 fully saturated rings. The SMILES string of the molecule is CCNC(=NCCCc1cccc(F)c1)NC1CCN(C2CCCC2)CC1.I. The highest BCUT2D eigenvalue weighted by Crippen LogP contribution is 2.26. The van der Waals surface area contributed by atoms with E-state index in [1.165, 1.54) is 57.7 Å². The van der Waals surface area contributed by atoms with Crippen LogP contribution in [0.25, 0.3) is 0 Å². The van der Waals surface area contributed by atoms with Crippen LogP contribution >= 0.6 is 24.0 Å². The molecule has 0 radical (unpaired) electrons. The summed E-state index contributed by atoms with van der Waals surface area (Å²) in [7, 11) is 0. The number of benzene rings is 1. The molecule has 1 aromatic carbocycles. The summed E-state index contributed by atoms with van der Waals surface area (Å²) >= 11 is 0. The molecule has 0 aromatic heterocycles. The second kappa shape index (κ2) is 12.6. The van der Waals surface area contributed by atoms with Crippen molar-refractivity contribution in [1.82, 2.24) is 15.5 Å². The van der Waals surface area contributed by atoms with Gasteiger partial charge >= 0.3 is 0 Å². The summed E-state index contributed by atoms with van der Waals surface area (Å²) in [6, 6.07) is 8.23. The van der Waals surface area contributed by atoms with Crippen LogP contribution < -0.4 is 10.6 Å². The Labute approximate surface area is 186 Å². The fourth-order valence-electron chi connectivity index (χ4n) is 4.36. The standard InChI is InChI=1S/C22H35FN4.HI/c1-2-24-22(25-14-6-8-18-7-5-9-19(23)17-18)26-20-12-15-27(16-13-20)21-10-3-4-11-21;/h5,7,9,17,20-21H,2-4,6,8,10-16H2,1H3,(H2,24,25,26);1H. The molecule has 0 unspecified atom stereocenters. The van der Waals surface area contributed by atoms with Crippen molar-refractivity contribution in [2.45, 2.75) is 70.4 Å². The molecule has 2 N–H and O–H groups in total. The van der Waals surface area contributed by atoms with Gasteiger partial charge < -0.3 is 15.5 Å². The summed E-state index contributed by atoms with van der Waals surface area (Å²) in [5.41, 5.74) is 1.04. The third-order valence-electron chi connectivity index (χ3n) is 5.84. The Kier molecular flexibility index (Phi) is 10.5. The van der Waals surface area contributed by atoms with Gasteiger partial charge in [-0.1, -0.05) is 25.0 Å². The van der Waals surface area contributed by atoms with E-state index in [1.807, 2.05) is 6.07 Å². The monoisotopic (exact) mass is 502 g/mol. The third-order valence-corrected chi connectivity index (χ3v) is 5.84. The van der Waals surface area contributed by atoms with Crippen molar-refractivity contribution in [1.29, 1.82) is 0 Å². The van der Waals surface area contributed by atoms with Crippen molar-refractivity contribution in [3.8, 4) is 0 Å². The number of likely N-dealkylation sites (tertiary alicyclic amines) is 1. The highest BCUT2D eigenvalue weighted by Gasteiger charge is 2.27. The summed E-state index contributed by atoms with van der Waals surface area (Å²) in [4.78, 5) is 7.43. The van der Waals surface area contributed by atoms with Gasteiger partial charge in [0.25, 0.3) is 0 Å². The number of aliphatic imine (C=N–C) groups is 1. The van der Waals surface area contributed by atoms with Gasteiger partial charge in [-0.05, 0) is 63.1 Å². The lowest BCUT2D eigenvalue weighted by Crippen LogP contribution is -2.50. The molecule has 158 valence electrons. The minimum absolute atomic E-state index is 0. The van der Waals surface area contributed by atoms with E-state index in [-0.39, 0.29) is 29.8 Å². The number of hydrogen-bond acceptors (Lipinski definition) is 2. The highest BCUT2D eigenvalue weighted by atomic mass is 127. The summed E-state index contributed by atoms with van der Waals surface area (Å²) < 4.78 is 13.2. The van der Waals surface area contributed by atoms with Crippen molar-refractivity contribution >= 4 is 29.9 Å². The van der Waals surface area contributed by atoms with Gasteiger partial charge in [0.2, 0.25) is 0 Å². The van der Waals surface area contributed by atoms with Gasteiger partial charge in [0.15, 0.2) is 5.96 Å². The van der Waals surface area contributed by atoms with Crippen LogP contribution in [0.3, 0.4) is 0 Å². The molecule has 1 saturated heterocycles. The number of halogens is 2. The second-order valence-corrected chi connectivity index (χ2v) is 7.89. The van der Waals surface area contributed by atoms with Gasteiger partial charge in [0.05, 0.1) is 0 Å². The van der Waals surface area contributed by atoms with Crippen molar-refractivity contribution in [3.63, 3.8) is 0 Å². The average Bonchev–Trinajstić information content (AvgIpc) is 3.21. The van der Waals surface area contributed by atoms with Gasteiger partial charge in [-0.15, -0.1) is 24.0 Å². The van der Waals surface area contributed by atoms with E-state index in [9.17, 15) is 4.39 Å². The fourth-order valence-corrected chi connectivity index (χ4v) is 4.36. The zero-order valence-corrected chi connectivity index (χ0v) is 19.5. The van der Waals surface area contributed by atoms with Crippen molar-refractivity contribution in [2.75, 3.05) is 26.2 Å². The maximum Gasteiger partial charge on any atom is 0.191 e. The maximum absolute atomic E-state index is 13.2. The van der Waals surface area contributed by atoms with Crippen LogP contribution in [0.5, 0.6) is 0 Å². The van der Waals surface area contributed by atoms with Crippen LogP contribution in [0, 0.1) is 5.82 Å². The smallest absolute Gasteiger partial charge is 0.191 e. The molecular weight excluding hydrogens is 466 g/mol. The van der Waals surface area contributed by atoms with Gasteiger partial charge in [-0.3, -0.25) is 4.99 Å². The van der Waals surface area contributed by atoms with Crippen LogP contribution in [0.15, 0.2) is 29.3 Å². The first-order valence-corrected chi connectivity index (χ1v) is 10.8. The van der Waals surface area contributed by atoms with E-state index >= 15 is 0 Å². The first kappa shape index (κ1) is 23.4. The number of rotatable bonds is 7. The number of hydrogen-bond donors (Lipinski definition) is 2. The van der Waals surface area contributed by atoms with Crippen LogP contribution in [-0.2, 0) is 6.42 Å². The minimum atomic E-state index is -0.157.